The summed E-state index contributed by atoms with van der Waals surface area (Å²) in [5, 5.41) is 4.48. The zero-order chi connectivity index (χ0) is 20.5. The van der Waals surface area contributed by atoms with Gasteiger partial charge >= 0.3 is 5.69 Å². The van der Waals surface area contributed by atoms with Crippen molar-refractivity contribution in [1.82, 2.24) is 9.13 Å². The van der Waals surface area contributed by atoms with E-state index in [1.54, 1.807) is 23.6 Å². The number of carbonyl (C=O) groups excluding carboxylic acids is 1. The topological polar surface area (TPSA) is 73.1 Å². The van der Waals surface area contributed by atoms with Gasteiger partial charge in [-0.05, 0) is 54.3 Å². The van der Waals surface area contributed by atoms with E-state index in [0.29, 0.717) is 15.9 Å². The number of hydrogen-bond donors (Lipinski definition) is 1. The van der Waals surface area contributed by atoms with Gasteiger partial charge in [0.2, 0.25) is 5.91 Å². The second-order valence-corrected chi connectivity index (χ2v) is 7.40. The van der Waals surface area contributed by atoms with Gasteiger partial charge < -0.3 is 5.32 Å². The number of fused-ring (bicyclic) bond motifs is 1. The van der Waals surface area contributed by atoms with Crippen molar-refractivity contribution in [3.8, 4) is 5.69 Å². The molecule has 6 nitrogen and oxygen atoms in total. The summed E-state index contributed by atoms with van der Waals surface area (Å²) in [5.74, 6) is -0.866. The third-order valence-corrected chi connectivity index (χ3v) is 5.45. The van der Waals surface area contributed by atoms with Gasteiger partial charge in [0.1, 0.15) is 17.1 Å². The molecule has 0 radical (unpaired) electrons. The first kappa shape index (κ1) is 18.8. The average molecular weight is 409 g/mol. The molecular weight excluding hydrogens is 393 g/mol. The molecular formula is C21H16FN3O3S. The molecule has 0 aliphatic heterocycles. The lowest BCUT2D eigenvalue weighted by Crippen LogP contribution is -2.40. The van der Waals surface area contributed by atoms with E-state index in [-0.39, 0.29) is 12.2 Å². The van der Waals surface area contributed by atoms with E-state index in [1.165, 1.54) is 40.2 Å². The van der Waals surface area contributed by atoms with Gasteiger partial charge in [-0.2, -0.15) is 0 Å². The van der Waals surface area contributed by atoms with Crippen molar-refractivity contribution in [2.24, 2.45) is 0 Å². The molecule has 0 fully saturated rings. The van der Waals surface area contributed by atoms with Crippen LogP contribution in [0.4, 0.5) is 10.1 Å². The van der Waals surface area contributed by atoms with Crippen LogP contribution in [0.25, 0.3) is 15.9 Å². The van der Waals surface area contributed by atoms with E-state index in [2.05, 4.69) is 5.32 Å². The zero-order valence-corrected chi connectivity index (χ0v) is 16.2. The van der Waals surface area contributed by atoms with Crippen LogP contribution in [0.3, 0.4) is 0 Å². The Morgan fingerprint density at radius 3 is 2.52 bits per heavy atom. The minimum absolute atomic E-state index is 0.241. The fourth-order valence-electron chi connectivity index (χ4n) is 3.10. The number of amides is 1. The van der Waals surface area contributed by atoms with Crippen LogP contribution in [0.15, 0.2) is 69.6 Å². The number of halogens is 1. The molecule has 1 N–H and O–H groups in total. The number of aromatic nitrogens is 2. The molecule has 0 spiro atoms. The summed E-state index contributed by atoms with van der Waals surface area (Å²) in [7, 11) is 0. The van der Waals surface area contributed by atoms with E-state index in [9.17, 15) is 18.8 Å². The molecule has 0 saturated heterocycles. The Bertz CT molecular complexity index is 1340. The van der Waals surface area contributed by atoms with Gasteiger partial charge in [0.25, 0.3) is 5.56 Å². The summed E-state index contributed by atoms with van der Waals surface area (Å²) in [6.07, 6.45) is 0. The molecule has 2 aromatic carbocycles. The highest BCUT2D eigenvalue weighted by Crippen LogP contribution is 2.17. The van der Waals surface area contributed by atoms with Gasteiger partial charge in [-0.25, -0.2) is 13.8 Å². The molecule has 0 atom stereocenters. The molecule has 2 heterocycles. The second-order valence-electron chi connectivity index (χ2n) is 6.48. The lowest BCUT2D eigenvalue weighted by Gasteiger charge is -2.13. The van der Waals surface area contributed by atoms with Crippen molar-refractivity contribution < 1.29 is 9.18 Å². The second kappa shape index (κ2) is 7.48. The van der Waals surface area contributed by atoms with Crippen molar-refractivity contribution in [2.45, 2.75) is 13.5 Å². The summed E-state index contributed by atoms with van der Waals surface area (Å²) >= 11 is 1.18. The summed E-state index contributed by atoms with van der Waals surface area (Å²) in [6, 6.07) is 14.0. The minimum Gasteiger partial charge on any atom is -0.324 e. The number of benzene rings is 2. The zero-order valence-electron chi connectivity index (χ0n) is 15.4. The third-order valence-electron chi connectivity index (χ3n) is 4.56. The van der Waals surface area contributed by atoms with Crippen LogP contribution < -0.4 is 16.6 Å². The van der Waals surface area contributed by atoms with Crippen molar-refractivity contribution in [2.75, 3.05) is 5.32 Å². The average Bonchev–Trinajstić information content (AvgIpc) is 3.19. The molecule has 0 aliphatic carbocycles. The third kappa shape index (κ3) is 3.50. The van der Waals surface area contributed by atoms with Crippen LogP contribution in [0.1, 0.15) is 5.56 Å². The SMILES string of the molecule is Cc1ccccc1NC(=O)Cn1c(=O)n(-c2ccc(F)cc2)c(=O)c2sccc21. The van der Waals surface area contributed by atoms with Gasteiger partial charge in [-0.15, -0.1) is 11.3 Å². The molecule has 0 unspecified atom stereocenters. The van der Waals surface area contributed by atoms with Crippen molar-refractivity contribution in [3.63, 3.8) is 0 Å². The normalized spacial score (nSPS) is 11.0. The van der Waals surface area contributed by atoms with E-state index in [1.807, 2.05) is 19.1 Å². The Kier molecular flexibility index (Phi) is 4.85. The number of hydrogen-bond acceptors (Lipinski definition) is 4. The van der Waals surface area contributed by atoms with Crippen molar-refractivity contribution in [3.05, 3.63) is 92.2 Å². The molecule has 0 saturated carbocycles. The number of thiophene rings is 1. The molecule has 29 heavy (non-hydrogen) atoms. The van der Waals surface area contributed by atoms with Crippen LogP contribution in [-0.4, -0.2) is 15.0 Å². The monoisotopic (exact) mass is 409 g/mol. The molecule has 2 aromatic heterocycles. The van der Waals surface area contributed by atoms with Crippen LogP contribution in [0, 0.1) is 12.7 Å². The molecule has 4 aromatic rings. The Morgan fingerprint density at radius 2 is 1.79 bits per heavy atom. The summed E-state index contributed by atoms with van der Waals surface area (Å²) in [6.45, 7) is 1.61. The maximum Gasteiger partial charge on any atom is 0.336 e. The number of para-hydroxylation sites is 1. The molecule has 146 valence electrons. The van der Waals surface area contributed by atoms with Crippen LogP contribution in [0.2, 0.25) is 0 Å². The highest BCUT2D eigenvalue weighted by molar-refractivity contribution is 7.17. The first-order valence-corrected chi connectivity index (χ1v) is 9.68. The maximum atomic E-state index is 13.3. The summed E-state index contributed by atoms with van der Waals surface area (Å²) in [4.78, 5) is 38.6. The number of carbonyl (C=O) groups is 1. The predicted molar refractivity (Wildman–Crippen MR) is 111 cm³/mol. The van der Waals surface area contributed by atoms with Crippen LogP contribution in [0.5, 0.6) is 0 Å². The molecule has 8 heteroatoms. The number of nitrogens with one attached hydrogen (secondary N) is 1. The lowest BCUT2D eigenvalue weighted by molar-refractivity contribution is -0.116. The Morgan fingerprint density at radius 1 is 1.07 bits per heavy atom. The number of aryl methyl sites for hydroxylation is 1. The predicted octanol–water partition coefficient (Wildman–Crippen LogP) is 3.30. The number of rotatable bonds is 4. The Balaban J connectivity index is 1.80. The van der Waals surface area contributed by atoms with E-state index < -0.39 is 23.0 Å². The van der Waals surface area contributed by atoms with E-state index >= 15 is 0 Å². The first-order valence-electron chi connectivity index (χ1n) is 8.80. The van der Waals surface area contributed by atoms with Crippen LogP contribution >= 0.6 is 11.3 Å². The molecule has 1 amide bonds. The molecule has 0 bridgehead atoms. The molecule has 0 aliphatic rings. The van der Waals surface area contributed by atoms with Crippen molar-refractivity contribution >= 4 is 33.1 Å². The largest absolute Gasteiger partial charge is 0.336 e. The quantitative estimate of drug-likeness (QED) is 0.562. The Labute approximate surface area is 168 Å². The Hall–Kier alpha value is -3.52. The van der Waals surface area contributed by atoms with Gasteiger partial charge in [-0.3, -0.25) is 14.2 Å². The molecule has 4 rings (SSSR count). The maximum absolute atomic E-state index is 13.3. The minimum atomic E-state index is -0.660. The van der Waals surface area contributed by atoms with Crippen LogP contribution in [-0.2, 0) is 11.3 Å². The first-order chi connectivity index (χ1) is 14.0. The highest BCUT2D eigenvalue weighted by Gasteiger charge is 2.18. The van der Waals surface area contributed by atoms with Gasteiger partial charge in [0.05, 0.1) is 11.2 Å². The van der Waals surface area contributed by atoms with Gasteiger partial charge in [-0.1, -0.05) is 18.2 Å². The van der Waals surface area contributed by atoms with Crippen molar-refractivity contribution in [1.29, 1.82) is 0 Å². The lowest BCUT2D eigenvalue weighted by atomic mass is 10.2. The summed E-state index contributed by atoms with van der Waals surface area (Å²) in [5.41, 5.74) is 1.02. The smallest absolute Gasteiger partial charge is 0.324 e. The van der Waals surface area contributed by atoms with E-state index in [0.717, 1.165) is 10.1 Å². The summed E-state index contributed by atoms with van der Waals surface area (Å²) < 4.78 is 15.8. The number of anilines is 1. The standard InChI is InChI=1S/C21H16FN3O3S/c1-13-4-2-3-5-16(13)23-18(26)12-24-17-10-11-29-19(17)20(27)25(21(24)28)15-8-6-14(22)7-9-15/h2-11H,12H2,1H3,(H,23,26). The fourth-order valence-corrected chi connectivity index (χ4v) is 3.93. The number of nitrogens with zero attached hydrogens (tertiary/aromatic N) is 2. The van der Waals surface area contributed by atoms with E-state index in [4.69, 9.17) is 0 Å². The fraction of sp³-hybridized carbons (Fsp3) is 0.0952. The van der Waals surface area contributed by atoms with Gasteiger partial charge in [0.15, 0.2) is 0 Å². The van der Waals surface area contributed by atoms with Gasteiger partial charge in [0, 0.05) is 5.69 Å². The highest BCUT2D eigenvalue weighted by atomic mass is 32.1.